The van der Waals surface area contributed by atoms with Crippen molar-refractivity contribution in [2.24, 2.45) is 0 Å². The third-order valence-electron chi connectivity index (χ3n) is 3.04. The first-order valence-corrected chi connectivity index (χ1v) is 5.11. The number of nitrogens with zero attached hydrogens (tertiary/aromatic N) is 1. The normalized spacial score (nSPS) is 25.6. The van der Waals surface area contributed by atoms with Crippen molar-refractivity contribution < 1.29 is 19.4 Å². The van der Waals surface area contributed by atoms with Crippen molar-refractivity contribution in [3.63, 3.8) is 0 Å². The molecule has 1 N–H and O–H groups in total. The topological polar surface area (TPSA) is 66.8 Å². The standard InChI is InChI=1S/C10H17NO4/c1-3-10(9(13)14)5-4-6-11(10)8(12)7-15-2/h3-7H2,1-2H3,(H,13,14). The Balaban J connectivity index is 2.87. The molecule has 0 spiro atoms. The van der Waals surface area contributed by atoms with Crippen LogP contribution in [0.15, 0.2) is 0 Å². The van der Waals surface area contributed by atoms with Gasteiger partial charge in [-0.2, -0.15) is 0 Å². The minimum atomic E-state index is -1.00. The molecule has 0 aromatic heterocycles. The lowest BCUT2D eigenvalue weighted by molar-refractivity contribution is -0.158. The van der Waals surface area contributed by atoms with Crippen LogP contribution >= 0.6 is 0 Å². The average molecular weight is 215 g/mol. The second-order valence-electron chi connectivity index (χ2n) is 3.77. The Labute approximate surface area is 89.0 Å². The van der Waals surface area contributed by atoms with E-state index in [9.17, 15) is 14.7 Å². The average Bonchev–Trinajstić information content (AvgIpc) is 2.62. The highest BCUT2D eigenvalue weighted by Crippen LogP contribution is 2.32. The molecule has 0 aliphatic carbocycles. The first-order valence-electron chi connectivity index (χ1n) is 5.11. The zero-order valence-corrected chi connectivity index (χ0v) is 9.15. The molecular weight excluding hydrogens is 198 g/mol. The molecule has 15 heavy (non-hydrogen) atoms. The van der Waals surface area contributed by atoms with Crippen molar-refractivity contribution in [3.05, 3.63) is 0 Å². The molecule has 1 heterocycles. The molecule has 0 aromatic carbocycles. The summed E-state index contributed by atoms with van der Waals surface area (Å²) >= 11 is 0. The first kappa shape index (κ1) is 12.0. The van der Waals surface area contributed by atoms with Crippen LogP contribution in [0.2, 0.25) is 0 Å². The number of carboxylic acid groups (broad SMARTS) is 1. The van der Waals surface area contributed by atoms with Crippen LogP contribution in [0.4, 0.5) is 0 Å². The summed E-state index contributed by atoms with van der Waals surface area (Å²) in [5.41, 5.74) is -1.00. The van der Waals surface area contributed by atoms with Crippen LogP contribution in [0.5, 0.6) is 0 Å². The number of amides is 1. The maximum Gasteiger partial charge on any atom is 0.329 e. The Hall–Kier alpha value is -1.10. The van der Waals surface area contributed by atoms with E-state index < -0.39 is 11.5 Å². The highest BCUT2D eigenvalue weighted by Gasteiger charge is 2.48. The molecule has 1 rings (SSSR count). The van der Waals surface area contributed by atoms with Crippen LogP contribution in [0.25, 0.3) is 0 Å². The fraction of sp³-hybridized carbons (Fsp3) is 0.800. The van der Waals surface area contributed by atoms with Crippen molar-refractivity contribution in [2.45, 2.75) is 31.7 Å². The zero-order valence-electron chi connectivity index (χ0n) is 9.15. The van der Waals surface area contributed by atoms with Gasteiger partial charge in [0.15, 0.2) is 0 Å². The van der Waals surface area contributed by atoms with Crippen LogP contribution < -0.4 is 0 Å². The van der Waals surface area contributed by atoms with E-state index in [1.807, 2.05) is 0 Å². The van der Waals surface area contributed by atoms with Crippen molar-refractivity contribution in [1.82, 2.24) is 4.90 Å². The zero-order chi connectivity index (χ0) is 11.5. The van der Waals surface area contributed by atoms with Crippen LogP contribution in [0, 0.1) is 0 Å². The summed E-state index contributed by atoms with van der Waals surface area (Å²) in [7, 11) is 1.43. The largest absolute Gasteiger partial charge is 0.479 e. The number of aliphatic carboxylic acids is 1. The fourth-order valence-corrected chi connectivity index (χ4v) is 2.18. The Bertz CT molecular complexity index is 266. The molecule has 1 aliphatic rings. The predicted molar refractivity (Wildman–Crippen MR) is 53.5 cm³/mol. The second kappa shape index (κ2) is 4.61. The van der Waals surface area contributed by atoms with Gasteiger partial charge in [-0.05, 0) is 19.3 Å². The van der Waals surface area contributed by atoms with E-state index in [0.29, 0.717) is 19.4 Å². The third-order valence-corrected chi connectivity index (χ3v) is 3.04. The summed E-state index contributed by atoms with van der Waals surface area (Å²) in [5, 5.41) is 9.22. The van der Waals surface area contributed by atoms with Gasteiger partial charge in [-0.15, -0.1) is 0 Å². The predicted octanol–water partition coefficient (Wildman–Crippen LogP) is 0.489. The number of likely N-dealkylation sites (tertiary alicyclic amines) is 1. The summed E-state index contributed by atoms with van der Waals surface area (Å²) in [4.78, 5) is 24.3. The number of rotatable bonds is 4. The molecule has 1 fully saturated rings. The Morgan fingerprint density at radius 2 is 2.20 bits per heavy atom. The molecule has 1 amide bonds. The fourth-order valence-electron chi connectivity index (χ4n) is 2.18. The van der Waals surface area contributed by atoms with E-state index in [1.165, 1.54) is 12.0 Å². The lowest BCUT2D eigenvalue weighted by atomic mass is 9.93. The highest BCUT2D eigenvalue weighted by molar-refractivity contribution is 5.88. The Kier molecular flexibility index (Phi) is 3.68. The van der Waals surface area contributed by atoms with Gasteiger partial charge >= 0.3 is 5.97 Å². The van der Waals surface area contributed by atoms with E-state index in [2.05, 4.69) is 0 Å². The molecule has 0 radical (unpaired) electrons. The molecule has 86 valence electrons. The number of carbonyl (C=O) groups excluding carboxylic acids is 1. The van der Waals surface area contributed by atoms with E-state index in [1.54, 1.807) is 6.92 Å². The van der Waals surface area contributed by atoms with Crippen LogP contribution in [-0.2, 0) is 14.3 Å². The number of carboxylic acids is 1. The van der Waals surface area contributed by atoms with Gasteiger partial charge in [-0.25, -0.2) is 4.79 Å². The molecule has 1 saturated heterocycles. The van der Waals surface area contributed by atoms with Crippen LogP contribution in [0.3, 0.4) is 0 Å². The quantitative estimate of drug-likeness (QED) is 0.741. The van der Waals surface area contributed by atoms with Crippen molar-refractivity contribution in [2.75, 3.05) is 20.3 Å². The minimum Gasteiger partial charge on any atom is -0.479 e. The Morgan fingerprint density at radius 3 is 2.67 bits per heavy atom. The number of methoxy groups -OCH3 is 1. The number of hydrogen-bond acceptors (Lipinski definition) is 3. The summed E-state index contributed by atoms with van der Waals surface area (Å²) in [6, 6.07) is 0. The van der Waals surface area contributed by atoms with Gasteiger partial charge in [0, 0.05) is 13.7 Å². The van der Waals surface area contributed by atoms with Crippen molar-refractivity contribution in [3.8, 4) is 0 Å². The molecule has 0 saturated carbocycles. The summed E-state index contributed by atoms with van der Waals surface area (Å²) in [6.07, 6.45) is 1.72. The van der Waals surface area contributed by atoms with Crippen LogP contribution in [-0.4, -0.2) is 47.7 Å². The smallest absolute Gasteiger partial charge is 0.329 e. The van der Waals surface area contributed by atoms with Gasteiger partial charge in [0.1, 0.15) is 12.1 Å². The maximum atomic E-state index is 11.7. The second-order valence-corrected chi connectivity index (χ2v) is 3.77. The number of hydrogen-bond donors (Lipinski definition) is 1. The molecule has 1 unspecified atom stereocenters. The SMILES string of the molecule is CCC1(C(=O)O)CCCN1C(=O)COC. The Morgan fingerprint density at radius 1 is 1.53 bits per heavy atom. The van der Waals surface area contributed by atoms with E-state index in [-0.39, 0.29) is 12.5 Å². The molecule has 5 nitrogen and oxygen atoms in total. The van der Waals surface area contributed by atoms with Gasteiger partial charge < -0.3 is 14.7 Å². The van der Waals surface area contributed by atoms with Gasteiger partial charge in [0.05, 0.1) is 0 Å². The van der Waals surface area contributed by atoms with Gasteiger partial charge in [-0.3, -0.25) is 4.79 Å². The lowest BCUT2D eigenvalue weighted by Crippen LogP contribution is -2.53. The number of carbonyl (C=O) groups is 2. The lowest BCUT2D eigenvalue weighted by Gasteiger charge is -2.33. The van der Waals surface area contributed by atoms with Crippen molar-refractivity contribution in [1.29, 1.82) is 0 Å². The van der Waals surface area contributed by atoms with Gasteiger partial charge in [0.2, 0.25) is 5.91 Å². The van der Waals surface area contributed by atoms with Crippen LogP contribution in [0.1, 0.15) is 26.2 Å². The van der Waals surface area contributed by atoms with Gasteiger partial charge in [0.25, 0.3) is 0 Å². The monoisotopic (exact) mass is 215 g/mol. The molecule has 5 heteroatoms. The molecule has 1 aliphatic heterocycles. The maximum absolute atomic E-state index is 11.7. The van der Waals surface area contributed by atoms with E-state index in [0.717, 1.165) is 6.42 Å². The molecular formula is C10H17NO4. The number of ether oxygens (including phenoxy) is 1. The summed E-state index contributed by atoms with van der Waals surface area (Å²) in [5.74, 6) is -1.15. The molecule has 0 aromatic rings. The molecule has 0 bridgehead atoms. The minimum absolute atomic E-state index is 0.0466. The summed E-state index contributed by atoms with van der Waals surface area (Å²) in [6.45, 7) is 2.27. The van der Waals surface area contributed by atoms with E-state index in [4.69, 9.17) is 4.74 Å². The summed E-state index contributed by atoms with van der Waals surface area (Å²) < 4.78 is 4.75. The highest BCUT2D eigenvalue weighted by atomic mass is 16.5. The van der Waals surface area contributed by atoms with E-state index >= 15 is 0 Å². The molecule has 1 atom stereocenters. The first-order chi connectivity index (χ1) is 7.08. The van der Waals surface area contributed by atoms with Gasteiger partial charge in [-0.1, -0.05) is 6.92 Å². The van der Waals surface area contributed by atoms with Crippen molar-refractivity contribution >= 4 is 11.9 Å². The third kappa shape index (κ3) is 1.97.